The third-order valence-electron chi connectivity index (χ3n) is 2.44. The van der Waals surface area contributed by atoms with Crippen LogP contribution in [0.2, 0.25) is 0 Å². The Hall–Kier alpha value is -1.80. The van der Waals surface area contributed by atoms with Crippen molar-refractivity contribution < 1.29 is 5.10 Å². The van der Waals surface area contributed by atoms with Crippen LogP contribution in [0.3, 0.4) is 0 Å². The van der Waals surface area contributed by atoms with Gasteiger partial charge in [-0.2, -0.15) is 5.01 Å². The molecule has 0 saturated heterocycles. The van der Waals surface area contributed by atoms with E-state index < -0.39 is 0 Å². The molecule has 0 bridgehead atoms. The van der Waals surface area contributed by atoms with E-state index in [1.165, 1.54) is 0 Å². The molecule has 0 fully saturated rings. The zero-order valence-electron chi connectivity index (χ0n) is 9.60. The molecular weight excluding hydrogens is 232 g/mol. The minimum Gasteiger partial charge on any atom is -0.158 e. The Bertz CT molecular complexity index is 494. The van der Waals surface area contributed by atoms with Crippen molar-refractivity contribution in [3.63, 3.8) is 0 Å². The Morgan fingerprint density at radius 1 is 0.941 bits per heavy atom. The molecule has 0 amide bonds. The first-order chi connectivity index (χ1) is 8.27. The van der Waals surface area contributed by atoms with Gasteiger partial charge in [0.2, 0.25) is 0 Å². The number of hydrogen-bond acceptors (Lipinski definition) is 1. The molecule has 0 saturated carbocycles. The molecule has 0 unspecified atom stereocenters. The fourth-order valence-electron chi connectivity index (χ4n) is 1.51. The molecule has 2 aromatic carbocycles. The highest BCUT2D eigenvalue weighted by Crippen LogP contribution is 2.06. The molecule has 0 aliphatic rings. The van der Waals surface area contributed by atoms with Crippen molar-refractivity contribution in [1.29, 1.82) is 0 Å². The van der Waals surface area contributed by atoms with Gasteiger partial charge in [-0.3, -0.25) is 0 Å². The fraction of sp³-hybridized carbons (Fsp3) is 0.0714. The Labute approximate surface area is 106 Å². The Morgan fingerprint density at radius 2 is 1.47 bits per heavy atom. The predicted octanol–water partition coefficient (Wildman–Crippen LogP) is 1.80. The second-order valence-corrected chi connectivity index (χ2v) is 4.06. The van der Waals surface area contributed by atoms with E-state index in [4.69, 9.17) is 11.6 Å². The molecule has 0 aliphatic heterocycles. The number of hydrazone groups is 1. The monoisotopic (exact) mass is 245 g/mol. The van der Waals surface area contributed by atoms with E-state index >= 15 is 0 Å². The number of para-hydroxylation sites is 1. The SMILES string of the molecule is CN(/[NH+]=C(\Cl)c1ccccc1)c1ccccc1. The number of nitrogens with one attached hydrogen (secondary N) is 1. The van der Waals surface area contributed by atoms with E-state index in [0.717, 1.165) is 11.3 Å². The largest absolute Gasteiger partial charge is 0.303 e. The van der Waals surface area contributed by atoms with Gasteiger partial charge < -0.3 is 0 Å². The summed E-state index contributed by atoms with van der Waals surface area (Å²) in [6.07, 6.45) is 0. The highest BCUT2D eigenvalue weighted by Gasteiger charge is 2.08. The van der Waals surface area contributed by atoms with Crippen molar-refractivity contribution in [3.05, 3.63) is 66.2 Å². The number of benzene rings is 2. The second kappa shape index (κ2) is 5.51. The van der Waals surface area contributed by atoms with Crippen LogP contribution < -0.4 is 10.1 Å². The first kappa shape index (κ1) is 11.7. The summed E-state index contributed by atoms with van der Waals surface area (Å²) in [7, 11) is 1.93. The molecule has 86 valence electrons. The molecule has 0 atom stereocenters. The summed E-state index contributed by atoms with van der Waals surface area (Å²) < 4.78 is 0. The van der Waals surface area contributed by atoms with Crippen molar-refractivity contribution >= 4 is 22.5 Å². The molecule has 2 aromatic rings. The van der Waals surface area contributed by atoms with Gasteiger partial charge in [-0.15, -0.1) is 5.10 Å². The van der Waals surface area contributed by atoms with Crippen molar-refractivity contribution in [2.75, 3.05) is 12.1 Å². The zero-order valence-corrected chi connectivity index (χ0v) is 10.4. The Morgan fingerprint density at radius 3 is 2.06 bits per heavy atom. The van der Waals surface area contributed by atoms with Crippen LogP contribution in [0.5, 0.6) is 0 Å². The van der Waals surface area contributed by atoms with Crippen molar-refractivity contribution in [3.8, 4) is 0 Å². The zero-order chi connectivity index (χ0) is 12.1. The van der Waals surface area contributed by atoms with Crippen LogP contribution in [-0.2, 0) is 0 Å². The summed E-state index contributed by atoms with van der Waals surface area (Å²) in [6.45, 7) is 0. The number of hydrazine groups is 1. The second-order valence-electron chi connectivity index (χ2n) is 3.69. The summed E-state index contributed by atoms with van der Waals surface area (Å²) in [6, 6.07) is 19.8. The molecule has 2 nitrogen and oxygen atoms in total. The highest BCUT2D eigenvalue weighted by molar-refractivity contribution is 6.67. The minimum atomic E-state index is 0.608. The fourth-order valence-corrected chi connectivity index (χ4v) is 1.77. The van der Waals surface area contributed by atoms with E-state index in [-0.39, 0.29) is 0 Å². The predicted molar refractivity (Wildman–Crippen MR) is 72.2 cm³/mol. The summed E-state index contributed by atoms with van der Waals surface area (Å²) >= 11 is 6.21. The van der Waals surface area contributed by atoms with Crippen molar-refractivity contribution in [2.24, 2.45) is 0 Å². The number of halogens is 1. The molecule has 1 N–H and O–H groups in total. The van der Waals surface area contributed by atoms with Gasteiger partial charge in [-0.05, 0) is 35.9 Å². The lowest BCUT2D eigenvalue weighted by Gasteiger charge is -2.07. The van der Waals surface area contributed by atoms with Crippen LogP contribution in [0.4, 0.5) is 5.69 Å². The van der Waals surface area contributed by atoms with Gasteiger partial charge >= 0.3 is 5.17 Å². The Kier molecular flexibility index (Phi) is 3.78. The average Bonchev–Trinajstić information content (AvgIpc) is 2.40. The van der Waals surface area contributed by atoms with Gasteiger partial charge in [0, 0.05) is 0 Å². The van der Waals surface area contributed by atoms with Gasteiger partial charge in [0.25, 0.3) is 0 Å². The number of nitrogens with zero attached hydrogens (tertiary/aromatic N) is 1. The molecule has 17 heavy (non-hydrogen) atoms. The molecule has 0 spiro atoms. The molecule has 3 heteroatoms. The van der Waals surface area contributed by atoms with Crippen LogP contribution in [0.25, 0.3) is 0 Å². The minimum absolute atomic E-state index is 0.608. The van der Waals surface area contributed by atoms with Gasteiger partial charge in [0.05, 0.1) is 18.3 Å². The topological polar surface area (TPSA) is 17.2 Å². The highest BCUT2D eigenvalue weighted by atomic mass is 35.5. The van der Waals surface area contributed by atoms with E-state index in [2.05, 4.69) is 5.10 Å². The van der Waals surface area contributed by atoms with Crippen LogP contribution in [0.1, 0.15) is 5.56 Å². The third-order valence-corrected chi connectivity index (χ3v) is 2.74. The van der Waals surface area contributed by atoms with Gasteiger partial charge in [0.1, 0.15) is 0 Å². The Balaban J connectivity index is 2.20. The lowest BCUT2D eigenvalue weighted by Crippen LogP contribution is -2.83. The van der Waals surface area contributed by atoms with Crippen LogP contribution >= 0.6 is 11.6 Å². The molecule has 0 aliphatic carbocycles. The average molecular weight is 246 g/mol. The third kappa shape index (κ3) is 3.08. The molecule has 0 radical (unpaired) electrons. The molecular formula is C14H14ClN2+. The summed E-state index contributed by atoms with van der Waals surface area (Å²) in [5.41, 5.74) is 2.03. The lowest BCUT2D eigenvalue weighted by molar-refractivity contribution is -0.465. The summed E-state index contributed by atoms with van der Waals surface area (Å²) in [5.74, 6) is 0. The standard InChI is InChI=1S/C14H13ClN2/c1-17(13-10-6-3-7-11-13)16-14(15)12-8-4-2-5-9-12/h2-11H,1H3/p+1/b16-14-. The number of hydrogen-bond donors (Lipinski definition) is 1. The van der Waals surface area contributed by atoms with E-state index in [0.29, 0.717) is 5.17 Å². The van der Waals surface area contributed by atoms with Crippen molar-refractivity contribution in [2.45, 2.75) is 0 Å². The van der Waals surface area contributed by atoms with Crippen LogP contribution in [0.15, 0.2) is 60.7 Å². The van der Waals surface area contributed by atoms with Gasteiger partial charge in [0.15, 0.2) is 0 Å². The van der Waals surface area contributed by atoms with Crippen molar-refractivity contribution in [1.82, 2.24) is 0 Å². The van der Waals surface area contributed by atoms with E-state index in [1.807, 2.05) is 72.7 Å². The van der Waals surface area contributed by atoms with Gasteiger partial charge in [-0.25, -0.2) is 0 Å². The summed E-state index contributed by atoms with van der Waals surface area (Å²) in [5, 5.41) is 5.62. The normalized spacial score (nSPS) is 11.3. The van der Waals surface area contributed by atoms with Crippen LogP contribution in [0, 0.1) is 0 Å². The maximum absolute atomic E-state index is 6.21. The van der Waals surface area contributed by atoms with Crippen LogP contribution in [-0.4, -0.2) is 12.2 Å². The number of rotatable bonds is 3. The quantitative estimate of drug-likeness (QED) is 0.645. The first-order valence-corrected chi connectivity index (χ1v) is 5.78. The van der Waals surface area contributed by atoms with Gasteiger partial charge in [-0.1, -0.05) is 36.4 Å². The van der Waals surface area contributed by atoms with E-state index in [9.17, 15) is 0 Å². The molecule has 2 rings (SSSR count). The number of anilines is 1. The first-order valence-electron chi connectivity index (χ1n) is 5.40. The lowest BCUT2D eigenvalue weighted by atomic mass is 10.2. The summed E-state index contributed by atoms with van der Waals surface area (Å²) in [4.78, 5) is 0. The van der Waals surface area contributed by atoms with E-state index in [1.54, 1.807) is 0 Å². The smallest absolute Gasteiger partial charge is 0.158 e. The molecule has 0 aromatic heterocycles. The maximum atomic E-state index is 6.21. The molecule has 0 heterocycles. The maximum Gasteiger partial charge on any atom is 0.303 e.